The summed E-state index contributed by atoms with van der Waals surface area (Å²) in [6.45, 7) is 2.69. The number of rotatable bonds is 11. The van der Waals surface area contributed by atoms with E-state index >= 15 is 14.4 Å². The summed E-state index contributed by atoms with van der Waals surface area (Å²) in [5, 5.41) is 128. The lowest BCUT2D eigenvalue weighted by Gasteiger charge is -2.39. The lowest BCUT2D eigenvalue weighted by molar-refractivity contribution is -0.277. The van der Waals surface area contributed by atoms with Gasteiger partial charge < -0.3 is 113 Å². The summed E-state index contributed by atoms with van der Waals surface area (Å²) in [6.07, 6.45) is -14.9. The highest BCUT2D eigenvalue weighted by Crippen LogP contribution is 2.49. The van der Waals surface area contributed by atoms with Crippen molar-refractivity contribution in [3.05, 3.63) is 117 Å². The number of carboxylic acids is 1. The van der Waals surface area contributed by atoms with E-state index in [0.29, 0.717) is 0 Å². The van der Waals surface area contributed by atoms with Gasteiger partial charge in [-0.2, -0.15) is 0 Å². The predicted octanol–water partition coefficient (Wildman–Crippen LogP) is -0.131. The minimum absolute atomic E-state index is 0.0825. The standard InChI is InChI=1S/C59H62Cl2N8O22/c1-20(2)10-30(63-3)52(80)68-44-46(75)22-5-8-34(28(60)12-22)88-36-14-24-15-37(51(36)91-59-50(79)49(78)48(77)38(19-70)90-59)89-35-9-6-23(13-29(35)61)47(76)45-57(85)67-43(58(86)87)27-16-25(71)17-33(73)40(27)26-11-21(4-7-32(26)72)41(54(82)69-45)66-55(83)42(24)65-53(81)31(18-39(62)74)64-56(44)84/h4-9,11-17,20,30-31,38,41-50,59,63,70-73,75-79H,10,18-19H2,1-3H3,(H2,62,74)(H,64,84)(H,65,81)(H,66,83)(H,67,85)(H,68,80)(H,69,82)(H,86,87)/t30-,31+,38-,41-,42-,43-,44-,45+,46-,47-,48-,49+,50-,59+/m1/s1. The van der Waals surface area contributed by atoms with Gasteiger partial charge in [0.15, 0.2) is 17.5 Å². The van der Waals surface area contributed by atoms with Crippen molar-refractivity contribution in [2.45, 2.75) is 112 Å². The molecule has 6 aliphatic heterocycles. The number of aliphatic hydroxyl groups excluding tert-OH is 6. The number of hydrogen-bond donors (Lipinski definition) is 18. The second kappa shape index (κ2) is 27.2. The molecule has 19 N–H and O–H groups in total. The number of ether oxygens (including phenoxy) is 4. The lowest BCUT2D eigenvalue weighted by atomic mass is 9.89. The Morgan fingerprint density at radius 1 is 0.659 bits per heavy atom. The van der Waals surface area contributed by atoms with Crippen molar-refractivity contribution in [2.24, 2.45) is 11.7 Å². The summed E-state index contributed by atoms with van der Waals surface area (Å²) >= 11 is 13.8. The van der Waals surface area contributed by atoms with E-state index in [1.165, 1.54) is 19.2 Å². The number of carboxylic acid groups (broad SMARTS) is 1. The molecule has 11 bridgehead atoms. The average Bonchev–Trinajstić information content (AvgIpc) is 0.790. The average molecular weight is 1310 g/mol. The van der Waals surface area contributed by atoms with Crippen LogP contribution in [0.5, 0.6) is 46.0 Å². The van der Waals surface area contributed by atoms with Crippen molar-refractivity contribution >= 4 is 70.5 Å². The smallest absolute Gasteiger partial charge is 0.330 e. The predicted molar refractivity (Wildman–Crippen MR) is 313 cm³/mol. The first-order chi connectivity index (χ1) is 43.1. The van der Waals surface area contributed by atoms with E-state index in [2.05, 4.69) is 37.2 Å². The van der Waals surface area contributed by atoms with Crippen LogP contribution in [0.25, 0.3) is 11.1 Å². The number of fused-ring (bicyclic) bond motifs is 15. The zero-order valence-corrected chi connectivity index (χ0v) is 49.5. The molecule has 5 aromatic rings. The van der Waals surface area contributed by atoms with Crippen molar-refractivity contribution in [1.82, 2.24) is 37.2 Å². The molecule has 0 unspecified atom stereocenters. The highest BCUT2D eigenvalue weighted by molar-refractivity contribution is 6.32. The van der Waals surface area contributed by atoms with Crippen LogP contribution < -0.4 is 57.2 Å². The Balaban J connectivity index is 1.32. The highest BCUT2D eigenvalue weighted by atomic mass is 35.5. The topological polar surface area (TPSA) is 486 Å². The van der Waals surface area contributed by atoms with Crippen LogP contribution in [0.3, 0.4) is 0 Å². The molecule has 0 aromatic heterocycles. The van der Waals surface area contributed by atoms with Gasteiger partial charge in [0, 0.05) is 22.8 Å². The first-order valence-corrected chi connectivity index (χ1v) is 28.7. The molecule has 0 radical (unpaired) electrons. The number of benzene rings is 5. The molecule has 1 saturated heterocycles. The normalized spacial score (nSPS) is 26.2. The number of carbonyl (C=O) groups is 8. The van der Waals surface area contributed by atoms with Crippen molar-refractivity contribution in [2.75, 3.05) is 13.7 Å². The molecular formula is C59H62Cl2N8O22. The van der Waals surface area contributed by atoms with Gasteiger partial charge in [0.1, 0.15) is 95.6 Å². The van der Waals surface area contributed by atoms with Gasteiger partial charge >= 0.3 is 5.97 Å². The molecule has 484 valence electrons. The minimum Gasteiger partial charge on any atom is -0.508 e. The molecular weight excluding hydrogens is 1240 g/mol. The maximum absolute atomic E-state index is 15.8. The number of halogens is 2. The monoisotopic (exact) mass is 1300 g/mol. The Labute approximate surface area is 525 Å². The lowest BCUT2D eigenvalue weighted by Crippen LogP contribution is -2.60. The van der Waals surface area contributed by atoms with Crippen LogP contribution in [0.15, 0.2) is 78.9 Å². The summed E-state index contributed by atoms with van der Waals surface area (Å²) in [5.74, 6) is -15.8. The molecule has 91 heavy (non-hydrogen) atoms. The Bertz CT molecular complexity index is 3730. The molecule has 14 atom stereocenters. The fourth-order valence-electron chi connectivity index (χ4n) is 10.7. The first kappa shape index (κ1) is 66.3. The molecule has 11 rings (SSSR count). The number of primary amides is 1. The van der Waals surface area contributed by atoms with Gasteiger partial charge in [-0.3, -0.25) is 33.6 Å². The van der Waals surface area contributed by atoms with Crippen LogP contribution in [0.2, 0.25) is 10.0 Å². The van der Waals surface area contributed by atoms with Crippen molar-refractivity contribution < 1.29 is 108 Å². The number of nitrogens with two attached hydrogens (primary N) is 1. The zero-order chi connectivity index (χ0) is 66.2. The Morgan fingerprint density at radius 3 is 1.84 bits per heavy atom. The van der Waals surface area contributed by atoms with E-state index in [1.54, 1.807) is 0 Å². The van der Waals surface area contributed by atoms with E-state index in [4.69, 9.17) is 47.9 Å². The number of nitrogens with one attached hydrogen (secondary N) is 7. The first-order valence-electron chi connectivity index (χ1n) is 27.9. The Kier molecular flexibility index (Phi) is 19.8. The summed E-state index contributed by atoms with van der Waals surface area (Å²) in [7, 11) is 1.47. The maximum Gasteiger partial charge on any atom is 0.330 e. The van der Waals surface area contributed by atoms with Crippen molar-refractivity contribution in [1.29, 1.82) is 0 Å². The molecule has 7 amide bonds. The Hall–Kier alpha value is -9.08. The van der Waals surface area contributed by atoms with Gasteiger partial charge in [-0.15, -0.1) is 0 Å². The van der Waals surface area contributed by atoms with Crippen molar-refractivity contribution in [3.63, 3.8) is 0 Å². The number of amides is 7. The maximum atomic E-state index is 15.8. The number of aromatic hydroxyl groups is 3. The van der Waals surface area contributed by atoms with Gasteiger partial charge in [-0.1, -0.05) is 55.2 Å². The Morgan fingerprint density at radius 2 is 1.25 bits per heavy atom. The van der Waals surface area contributed by atoms with Crippen LogP contribution in [0.4, 0.5) is 0 Å². The van der Waals surface area contributed by atoms with Crippen LogP contribution in [0.1, 0.15) is 84.8 Å². The van der Waals surface area contributed by atoms with Gasteiger partial charge in [-0.25, -0.2) is 4.79 Å². The molecule has 5 aromatic carbocycles. The molecule has 30 nitrogen and oxygen atoms in total. The highest BCUT2D eigenvalue weighted by Gasteiger charge is 2.47. The van der Waals surface area contributed by atoms with E-state index < -0.39 is 207 Å². The molecule has 32 heteroatoms. The van der Waals surface area contributed by atoms with E-state index in [0.717, 1.165) is 66.7 Å². The number of likely N-dealkylation sites (N-methyl/N-ethyl adjacent to an activating group) is 1. The zero-order valence-electron chi connectivity index (χ0n) is 48.0. The molecule has 0 saturated carbocycles. The van der Waals surface area contributed by atoms with Gasteiger partial charge in [0.25, 0.3) is 0 Å². The number of carbonyl (C=O) groups excluding carboxylic acids is 7. The molecule has 0 spiro atoms. The summed E-state index contributed by atoms with van der Waals surface area (Å²) in [4.78, 5) is 115. The SMILES string of the molecule is CN[C@H](CC(C)C)C(=O)N[C@H]1C(=O)N[C@@H](CC(N)=O)C(=O)N[C@H]2C(=O)N[C@H]3C(=O)N[C@H](C(=O)N[C@@H](C(=O)O)c4cc(O)cc(O)c4-c4cc3ccc4O)[C@H](O)c3ccc(c(Cl)c3)Oc3cc2cc(c3O[C@@H]2O[C@H](CO)[C@@H](O)[C@H](O)[C@H]2O)Oc2ccc(cc2Cl)[C@H]1O. The second-order valence-corrected chi connectivity index (χ2v) is 23.0. The number of hydrogen-bond acceptors (Lipinski definition) is 22. The fourth-order valence-corrected chi connectivity index (χ4v) is 11.2. The van der Waals surface area contributed by atoms with E-state index in [9.17, 15) is 75.0 Å². The van der Waals surface area contributed by atoms with E-state index in [-0.39, 0.29) is 45.6 Å². The van der Waals surface area contributed by atoms with Crippen LogP contribution in [0, 0.1) is 5.92 Å². The van der Waals surface area contributed by atoms with Crippen LogP contribution in [-0.2, 0) is 43.1 Å². The number of aliphatic carboxylic acids is 1. The second-order valence-electron chi connectivity index (χ2n) is 22.2. The van der Waals surface area contributed by atoms with Gasteiger partial charge in [0.2, 0.25) is 53.4 Å². The number of phenols is 3. The van der Waals surface area contributed by atoms with Crippen LogP contribution in [-0.4, -0.2) is 167 Å². The number of aliphatic hydroxyl groups is 6. The third-order valence-corrected chi connectivity index (χ3v) is 16.0. The molecule has 1 fully saturated rings. The van der Waals surface area contributed by atoms with Gasteiger partial charge in [0.05, 0.1) is 29.1 Å². The number of phenolic OH excluding ortho intramolecular Hbond substituents is 3. The molecule has 6 aliphatic rings. The van der Waals surface area contributed by atoms with Gasteiger partial charge in [-0.05, 0) is 96.2 Å². The van der Waals surface area contributed by atoms with Crippen LogP contribution >= 0.6 is 23.2 Å². The largest absolute Gasteiger partial charge is 0.508 e. The summed E-state index contributed by atoms with van der Waals surface area (Å²) < 4.78 is 24.8. The summed E-state index contributed by atoms with van der Waals surface area (Å²) in [5.41, 5.74) is 2.90. The fraction of sp³-hybridized carbons (Fsp3) is 0.356. The molecule has 6 heterocycles. The van der Waals surface area contributed by atoms with E-state index in [1.807, 2.05) is 13.8 Å². The summed E-state index contributed by atoms with van der Waals surface area (Å²) in [6, 6.07) is -0.613. The molecule has 0 aliphatic carbocycles. The minimum atomic E-state index is -2.31. The van der Waals surface area contributed by atoms with Crippen molar-refractivity contribution in [3.8, 4) is 57.1 Å². The third-order valence-electron chi connectivity index (χ3n) is 15.4. The quantitative estimate of drug-likeness (QED) is 0.0819. The third kappa shape index (κ3) is 14.0.